The monoisotopic (exact) mass is 360 g/mol. The summed E-state index contributed by atoms with van der Waals surface area (Å²) in [6, 6.07) is 3.33. The number of carbonyl (C=O) groups is 1. The lowest BCUT2D eigenvalue weighted by molar-refractivity contribution is 0.0953. The van der Waals surface area contributed by atoms with Crippen molar-refractivity contribution in [2.24, 2.45) is 0 Å². The van der Waals surface area contributed by atoms with Crippen LogP contribution in [0.4, 0.5) is 0 Å². The first-order valence-corrected chi connectivity index (χ1v) is 7.32. The molecular weight excluding hydrogens is 340 g/mol. The maximum absolute atomic E-state index is 12.1. The number of nitrogens with one attached hydrogen (secondary N) is 2. The van der Waals surface area contributed by atoms with E-state index in [1.54, 1.807) is 33.5 Å². The van der Waals surface area contributed by atoms with Crippen LogP contribution in [-0.2, 0) is 4.74 Å². The molecule has 0 unspecified atom stereocenters. The van der Waals surface area contributed by atoms with Crippen molar-refractivity contribution in [3.8, 4) is 11.5 Å². The van der Waals surface area contributed by atoms with Gasteiger partial charge in [0.2, 0.25) is 0 Å². The molecule has 0 bridgehead atoms. The minimum absolute atomic E-state index is 0.173. The molecule has 2 N–H and O–H groups in total. The Morgan fingerprint density at radius 1 is 1.10 bits per heavy atom. The van der Waals surface area contributed by atoms with Gasteiger partial charge in [-0.1, -0.05) is 0 Å². The summed E-state index contributed by atoms with van der Waals surface area (Å²) in [5, 5.41) is 5.98. The molecule has 0 atom stereocenters. The molecule has 0 saturated heterocycles. The van der Waals surface area contributed by atoms with Crippen LogP contribution < -0.4 is 20.1 Å². The zero-order chi connectivity index (χ0) is 15.7. The highest BCUT2D eigenvalue weighted by atomic mass is 79.9. The molecule has 6 nitrogen and oxygen atoms in total. The van der Waals surface area contributed by atoms with Gasteiger partial charge in [0.05, 0.1) is 20.8 Å². The molecule has 0 aliphatic carbocycles. The predicted molar refractivity (Wildman–Crippen MR) is 84.3 cm³/mol. The third kappa shape index (κ3) is 5.53. The normalized spacial score (nSPS) is 10.3. The zero-order valence-electron chi connectivity index (χ0n) is 12.5. The lowest BCUT2D eigenvalue weighted by Crippen LogP contribution is -2.33. The lowest BCUT2D eigenvalue weighted by Gasteiger charge is -2.12. The van der Waals surface area contributed by atoms with Gasteiger partial charge in [0.1, 0.15) is 16.0 Å². The van der Waals surface area contributed by atoms with Crippen LogP contribution in [0, 0.1) is 0 Å². The average Bonchev–Trinajstić information content (AvgIpc) is 2.50. The van der Waals surface area contributed by atoms with Gasteiger partial charge in [0, 0.05) is 32.3 Å². The van der Waals surface area contributed by atoms with Crippen molar-refractivity contribution in [2.45, 2.75) is 0 Å². The van der Waals surface area contributed by atoms with E-state index in [1.165, 1.54) is 0 Å². The molecule has 7 heteroatoms. The summed E-state index contributed by atoms with van der Waals surface area (Å²) in [5.41, 5.74) is 0.490. The van der Waals surface area contributed by atoms with Crippen LogP contribution in [0.5, 0.6) is 11.5 Å². The summed E-state index contributed by atoms with van der Waals surface area (Å²) in [7, 11) is 4.74. The molecule has 0 aliphatic heterocycles. The van der Waals surface area contributed by atoms with E-state index in [1.807, 2.05) is 0 Å². The van der Waals surface area contributed by atoms with Crippen molar-refractivity contribution in [3.05, 3.63) is 22.2 Å². The van der Waals surface area contributed by atoms with Crippen LogP contribution in [-0.4, -0.2) is 53.5 Å². The highest BCUT2D eigenvalue weighted by Crippen LogP contribution is 2.35. The predicted octanol–water partition coefficient (Wildman–Crippen LogP) is 1.43. The fraction of sp³-hybridized carbons (Fsp3) is 0.500. The molecule has 21 heavy (non-hydrogen) atoms. The minimum Gasteiger partial charge on any atom is -0.495 e. The van der Waals surface area contributed by atoms with E-state index in [2.05, 4.69) is 26.6 Å². The molecular formula is C14H21BrN2O4. The molecule has 1 amide bonds. The van der Waals surface area contributed by atoms with E-state index >= 15 is 0 Å². The summed E-state index contributed by atoms with van der Waals surface area (Å²) >= 11 is 3.37. The Hall–Kier alpha value is -1.31. The van der Waals surface area contributed by atoms with Crippen molar-refractivity contribution in [2.75, 3.05) is 47.6 Å². The molecule has 1 aromatic carbocycles. The first kappa shape index (κ1) is 17.7. The summed E-state index contributed by atoms with van der Waals surface area (Å²) < 4.78 is 16.0. The number of amides is 1. The van der Waals surface area contributed by atoms with Crippen molar-refractivity contribution in [1.82, 2.24) is 10.6 Å². The molecule has 118 valence electrons. The smallest absolute Gasteiger partial charge is 0.251 e. The van der Waals surface area contributed by atoms with Gasteiger partial charge in [-0.15, -0.1) is 0 Å². The van der Waals surface area contributed by atoms with E-state index in [4.69, 9.17) is 14.2 Å². The van der Waals surface area contributed by atoms with Crippen molar-refractivity contribution >= 4 is 21.8 Å². The summed E-state index contributed by atoms with van der Waals surface area (Å²) in [5.74, 6) is 0.933. The number of halogens is 1. The Balaban J connectivity index is 2.57. The van der Waals surface area contributed by atoms with Gasteiger partial charge in [-0.25, -0.2) is 0 Å². The molecule has 1 rings (SSSR count). The number of methoxy groups -OCH3 is 3. The highest BCUT2D eigenvalue weighted by Gasteiger charge is 2.14. The number of hydrogen-bond acceptors (Lipinski definition) is 5. The van der Waals surface area contributed by atoms with Gasteiger partial charge < -0.3 is 24.8 Å². The lowest BCUT2D eigenvalue weighted by atomic mass is 10.2. The van der Waals surface area contributed by atoms with Gasteiger partial charge >= 0.3 is 0 Å². The Morgan fingerprint density at radius 3 is 2.24 bits per heavy atom. The van der Waals surface area contributed by atoms with Crippen LogP contribution >= 0.6 is 15.9 Å². The van der Waals surface area contributed by atoms with E-state index in [9.17, 15) is 4.79 Å². The summed E-state index contributed by atoms with van der Waals surface area (Å²) in [6.45, 7) is 2.62. The van der Waals surface area contributed by atoms with Crippen LogP contribution in [0.3, 0.4) is 0 Å². The SMILES string of the molecule is COCCNCCNC(=O)c1cc(OC)c(Br)c(OC)c1. The second-order valence-corrected chi connectivity index (χ2v) is 4.99. The number of benzene rings is 1. The van der Waals surface area contributed by atoms with E-state index in [-0.39, 0.29) is 5.91 Å². The standard InChI is InChI=1S/C14H21BrN2O4/c1-19-7-6-16-4-5-17-14(18)10-8-11(20-2)13(15)12(9-10)21-3/h8-9,16H,4-7H2,1-3H3,(H,17,18). The largest absolute Gasteiger partial charge is 0.495 e. The fourth-order valence-corrected chi connectivity index (χ4v) is 2.22. The first-order valence-electron chi connectivity index (χ1n) is 6.53. The average molecular weight is 361 g/mol. The Kier molecular flexibility index (Phi) is 8.11. The molecule has 0 radical (unpaired) electrons. The molecule has 1 aromatic rings. The van der Waals surface area contributed by atoms with E-state index < -0.39 is 0 Å². The summed E-state index contributed by atoms with van der Waals surface area (Å²) in [6.07, 6.45) is 0. The molecule has 0 fully saturated rings. The highest BCUT2D eigenvalue weighted by molar-refractivity contribution is 9.10. The van der Waals surface area contributed by atoms with Crippen LogP contribution in [0.15, 0.2) is 16.6 Å². The topological polar surface area (TPSA) is 68.8 Å². The molecule has 0 saturated carbocycles. The van der Waals surface area contributed by atoms with Gasteiger partial charge in [-0.3, -0.25) is 4.79 Å². The quantitative estimate of drug-likeness (QED) is 0.652. The number of ether oxygens (including phenoxy) is 3. The number of rotatable bonds is 9. The van der Waals surface area contributed by atoms with Gasteiger partial charge in [0.15, 0.2) is 0 Å². The Morgan fingerprint density at radius 2 is 1.71 bits per heavy atom. The van der Waals surface area contributed by atoms with Crippen LogP contribution in [0.25, 0.3) is 0 Å². The van der Waals surface area contributed by atoms with Gasteiger partial charge in [-0.2, -0.15) is 0 Å². The third-order valence-corrected chi connectivity index (χ3v) is 3.56. The Bertz CT molecular complexity index is 443. The van der Waals surface area contributed by atoms with E-state index in [0.29, 0.717) is 41.2 Å². The maximum atomic E-state index is 12.1. The fourth-order valence-electron chi connectivity index (χ4n) is 1.67. The molecule has 0 aliphatic rings. The first-order chi connectivity index (χ1) is 10.1. The molecule has 0 aromatic heterocycles. The van der Waals surface area contributed by atoms with Gasteiger partial charge in [-0.05, 0) is 28.1 Å². The summed E-state index contributed by atoms with van der Waals surface area (Å²) in [4.78, 5) is 12.1. The van der Waals surface area contributed by atoms with Gasteiger partial charge in [0.25, 0.3) is 5.91 Å². The molecule has 0 spiro atoms. The van der Waals surface area contributed by atoms with Crippen molar-refractivity contribution in [1.29, 1.82) is 0 Å². The molecule has 0 heterocycles. The number of hydrogen-bond donors (Lipinski definition) is 2. The van der Waals surface area contributed by atoms with Crippen molar-refractivity contribution in [3.63, 3.8) is 0 Å². The Labute approximate surface area is 133 Å². The third-order valence-electron chi connectivity index (χ3n) is 2.78. The second-order valence-electron chi connectivity index (χ2n) is 4.19. The van der Waals surface area contributed by atoms with E-state index in [0.717, 1.165) is 6.54 Å². The van der Waals surface area contributed by atoms with Crippen molar-refractivity contribution < 1.29 is 19.0 Å². The van der Waals surface area contributed by atoms with Crippen LogP contribution in [0.1, 0.15) is 10.4 Å². The minimum atomic E-state index is -0.173. The van der Waals surface area contributed by atoms with Crippen LogP contribution in [0.2, 0.25) is 0 Å². The number of carbonyl (C=O) groups excluding carboxylic acids is 1. The second kappa shape index (κ2) is 9.59. The maximum Gasteiger partial charge on any atom is 0.251 e. The zero-order valence-corrected chi connectivity index (χ0v) is 14.1.